The molecular weight excluding hydrogens is 280 g/mol. The van der Waals surface area contributed by atoms with E-state index in [1.165, 1.54) is 0 Å². The van der Waals surface area contributed by atoms with Gasteiger partial charge in [0.15, 0.2) is 5.75 Å². The van der Waals surface area contributed by atoms with Crippen LogP contribution in [0.25, 0.3) is 0 Å². The molecule has 0 saturated carbocycles. The summed E-state index contributed by atoms with van der Waals surface area (Å²) in [6.45, 7) is 2.36. The molecule has 1 fully saturated rings. The van der Waals surface area contributed by atoms with Crippen LogP contribution in [-0.2, 0) is 11.3 Å². The van der Waals surface area contributed by atoms with Gasteiger partial charge in [-0.1, -0.05) is 6.07 Å². The minimum atomic E-state index is 0.194. The molecule has 0 bridgehead atoms. The number of methoxy groups -OCH3 is 1. The molecule has 0 aromatic carbocycles. The molecule has 2 aromatic heterocycles. The van der Waals surface area contributed by atoms with E-state index in [2.05, 4.69) is 19.9 Å². The predicted molar refractivity (Wildman–Crippen MR) is 82.8 cm³/mol. The van der Waals surface area contributed by atoms with Crippen molar-refractivity contribution in [2.75, 3.05) is 25.1 Å². The maximum absolute atomic E-state index is 6.00. The molecule has 6 heteroatoms. The van der Waals surface area contributed by atoms with Crippen molar-refractivity contribution in [2.24, 2.45) is 0 Å². The molecule has 0 radical (unpaired) electrons. The summed E-state index contributed by atoms with van der Waals surface area (Å²) in [6, 6.07) is 3.96. The molecule has 6 nitrogen and oxygen atoms in total. The number of ether oxygens (including phenoxy) is 2. The van der Waals surface area contributed by atoms with Crippen molar-refractivity contribution < 1.29 is 9.47 Å². The summed E-state index contributed by atoms with van der Waals surface area (Å²) in [4.78, 5) is 15.0. The van der Waals surface area contributed by atoms with Crippen molar-refractivity contribution in [3.8, 4) is 5.75 Å². The third kappa shape index (κ3) is 3.71. The van der Waals surface area contributed by atoms with Gasteiger partial charge in [-0.15, -0.1) is 0 Å². The average Bonchev–Trinajstić information content (AvgIpc) is 2.61. The third-order valence-corrected chi connectivity index (χ3v) is 3.72. The van der Waals surface area contributed by atoms with E-state index in [1.54, 1.807) is 25.7 Å². The van der Waals surface area contributed by atoms with Crippen molar-refractivity contribution in [1.29, 1.82) is 0 Å². The van der Waals surface area contributed by atoms with Gasteiger partial charge in [0, 0.05) is 25.5 Å². The highest BCUT2D eigenvalue weighted by Gasteiger charge is 2.22. The first-order valence-corrected chi connectivity index (χ1v) is 7.46. The lowest BCUT2D eigenvalue weighted by atomic mass is 10.1. The summed E-state index contributed by atoms with van der Waals surface area (Å²) >= 11 is 0. The Hall–Kier alpha value is -2.21. The molecule has 1 aliphatic heterocycles. The van der Waals surface area contributed by atoms with Crippen LogP contribution in [0, 0.1) is 0 Å². The van der Waals surface area contributed by atoms with E-state index in [9.17, 15) is 0 Å². The minimum Gasteiger partial charge on any atom is -0.494 e. The van der Waals surface area contributed by atoms with E-state index in [1.807, 2.05) is 18.3 Å². The monoisotopic (exact) mass is 300 g/mol. The molecule has 1 aliphatic rings. The molecule has 22 heavy (non-hydrogen) atoms. The second-order valence-corrected chi connectivity index (χ2v) is 5.31. The quantitative estimate of drug-likeness (QED) is 0.842. The van der Waals surface area contributed by atoms with Crippen LogP contribution in [0.4, 0.5) is 5.95 Å². The van der Waals surface area contributed by atoms with E-state index < -0.39 is 0 Å². The number of hydrogen-bond acceptors (Lipinski definition) is 6. The van der Waals surface area contributed by atoms with Crippen molar-refractivity contribution in [1.82, 2.24) is 15.0 Å². The maximum atomic E-state index is 6.00. The first-order valence-electron chi connectivity index (χ1n) is 7.46. The van der Waals surface area contributed by atoms with Crippen LogP contribution in [0.3, 0.4) is 0 Å². The Bertz CT molecular complexity index is 576. The highest BCUT2D eigenvalue weighted by atomic mass is 16.5. The normalized spacial score (nSPS) is 18.2. The van der Waals surface area contributed by atoms with Crippen molar-refractivity contribution in [2.45, 2.75) is 25.6 Å². The number of pyridine rings is 1. The zero-order valence-electron chi connectivity index (χ0n) is 12.7. The summed E-state index contributed by atoms with van der Waals surface area (Å²) in [5, 5.41) is 0. The summed E-state index contributed by atoms with van der Waals surface area (Å²) in [6.07, 6.45) is 9.34. The largest absolute Gasteiger partial charge is 0.494 e. The summed E-state index contributed by atoms with van der Waals surface area (Å²) in [7, 11) is 1.61. The Balaban J connectivity index is 1.56. The molecule has 0 aliphatic carbocycles. The van der Waals surface area contributed by atoms with Crippen LogP contribution in [0.1, 0.15) is 18.4 Å². The van der Waals surface area contributed by atoms with E-state index in [0.29, 0.717) is 12.4 Å². The predicted octanol–water partition coefficient (Wildman–Crippen LogP) is 2.07. The van der Waals surface area contributed by atoms with E-state index >= 15 is 0 Å². The number of hydrogen-bond donors (Lipinski definition) is 0. The fraction of sp³-hybridized carbons (Fsp3) is 0.438. The fourth-order valence-corrected chi connectivity index (χ4v) is 2.53. The topological polar surface area (TPSA) is 60.4 Å². The molecule has 3 heterocycles. The number of aromatic nitrogens is 3. The summed E-state index contributed by atoms with van der Waals surface area (Å²) < 4.78 is 11.1. The van der Waals surface area contributed by atoms with Gasteiger partial charge in [0.05, 0.1) is 32.2 Å². The van der Waals surface area contributed by atoms with Crippen molar-refractivity contribution >= 4 is 5.95 Å². The molecule has 1 atom stereocenters. The molecular formula is C16H20N4O2. The van der Waals surface area contributed by atoms with Gasteiger partial charge in [-0.25, -0.2) is 9.97 Å². The van der Waals surface area contributed by atoms with Crippen LogP contribution in [0.15, 0.2) is 36.9 Å². The van der Waals surface area contributed by atoms with Gasteiger partial charge in [-0.3, -0.25) is 4.98 Å². The van der Waals surface area contributed by atoms with Crippen LogP contribution < -0.4 is 9.64 Å². The molecule has 3 rings (SSSR count). The zero-order valence-corrected chi connectivity index (χ0v) is 12.7. The molecule has 116 valence electrons. The lowest BCUT2D eigenvalue weighted by molar-refractivity contribution is 0.0311. The Morgan fingerprint density at radius 2 is 2.14 bits per heavy atom. The lowest BCUT2D eigenvalue weighted by Gasteiger charge is -2.32. The molecule has 0 N–H and O–H groups in total. The number of piperidine rings is 1. The molecule has 0 spiro atoms. The van der Waals surface area contributed by atoms with Gasteiger partial charge in [-0.2, -0.15) is 0 Å². The summed E-state index contributed by atoms with van der Waals surface area (Å²) in [5.41, 5.74) is 1.10. The highest BCUT2D eigenvalue weighted by Crippen LogP contribution is 2.19. The van der Waals surface area contributed by atoms with Crippen LogP contribution >= 0.6 is 0 Å². The third-order valence-electron chi connectivity index (χ3n) is 3.72. The van der Waals surface area contributed by atoms with E-state index in [4.69, 9.17) is 9.47 Å². The summed E-state index contributed by atoms with van der Waals surface area (Å²) in [5.74, 6) is 1.40. The van der Waals surface area contributed by atoms with Gasteiger partial charge < -0.3 is 14.4 Å². The molecule has 2 aromatic rings. The van der Waals surface area contributed by atoms with Crippen LogP contribution in [0.2, 0.25) is 0 Å². The molecule has 1 unspecified atom stereocenters. The standard InChI is InChI=1S/C16H20N4O2/c1-21-15-9-18-16(19-10-15)20-7-3-5-14(11-20)22-12-13-4-2-6-17-8-13/h2,4,6,8-10,14H,3,5,7,11-12H2,1H3. The Kier molecular flexibility index (Phi) is 4.80. The Labute approximate surface area is 130 Å². The van der Waals surface area contributed by atoms with Crippen molar-refractivity contribution in [3.05, 3.63) is 42.5 Å². The van der Waals surface area contributed by atoms with Gasteiger partial charge in [-0.05, 0) is 24.5 Å². The van der Waals surface area contributed by atoms with Crippen LogP contribution in [-0.4, -0.2) is 41.3 Å². The molecule has 0 amide bonds. The Morgan fingerprint density at radius 1 is 1.27 bits per heavy atom. The zero-order chi connectivity index (χ0) is 15.2. The fourth-order valence-electron chi connectivity index (χ4n) is 2.53. The second-order valence-electron chi connectivity index (χ2n) is 5.31. The molecule has 1 saturated heterocycles. The first kappa shape index (κ1) is 14.7. The second kappa shape index (κ2) is 7.17. The Morgan fingerprint density at radius 3 is 2.86 bits per heavy atom. The van der Waals surface area contributed by atoms with Gasteiger partial charge >= 0.3 is 0 Å². The average molecular weight is 300 g/mol. The van der Waals surface area contributed by atoms with Gasteiger partial charge in [0.2, 0.25) is 5.95 Å². The lowest BCUT2D eigenvalue weighted by Crippen LogP contribution is -2.40. The number of nitrogens with zero attached hydrogens (tertiary/aromatic N) is 4. The highest BCUT2D eigenvalue weighted by molar-refractivity contribution is 5.32. The van der Waals surface area contributed by atoms with Gasteiger partial charge in [0.25, 0.3) is 0 Å². The van der Waals surface area contributed by atoms with Crippen molar-refractivity contribution in [3.63, 3.8) is 0 Å². The number of rotatable bonds is 5. The van der Waals surface area contributed by atoms with Crippen LogP contribution in [0.5, 0.6) is 5.75 Å². The number of anilines is 1. The van der Waals surface area contributed by atoms with Gasteiger partial charge in [0.1, 0.15) is 0 Å². The SMILES string of the molecule is COc1cnc(N2CCCC(OCc3cccnc3)C2)nc1. The smallest absolute Gasteiger partial charge is 0.225 e. The minimum absolute atomic E-state index is 0.194. The first-order chi connectivity index (χ1) is 10.8. The van der Waals surface area contributed by atoms with E-state index in [-0.39, 0.29) is 6.10 Å². The van der Waals surface area contributed by atoms with E-state index in [0.717, 1.165) is 37.4 Å². The maximum Gasteiger partial charge on any atom is 0.225 e.